The summed E-state index contributed by atoms with van der Waals surface area (Å²) in [4.78, 5) is 0. The second-order valence-electron chi connectivity index (χ2n) is 4.35. The van der Waals surface area contributed by atoms with E-state index in [2.05, 4.69) is 10.3 Å². The quantitative estimate of drug-likeness (QED) is 0.804. The molecule has 0 spiro atoms. The highest BCUT2D eigenvalue weighted by Gasteiger charge is 2.22. The van der Waals surface area contributed by atoms with Gasteiger partial charge in [0, 0.05) is 12.5 Å². The fraction of sp³-hybridized carbons (Fsp3) is 0.333. The van der Waals surface area contributed by atoms with Crippen molar-refractivity contribution in [3.8, 4) is 5.69 Å². The first-order chi connectivity index (χ1) is 8.25. The topological polar surface area (TPSA) is 56.7 Å². The minimum absolute atomic E-state index is 0.147. The van der Waals surface area contributed by atoms with Crippen molar-refractivity contribution in [2.45, 2.75) is 25.3 Å². The zero-order valence-corrected chi connectivity index (χ0v) is 9.31. The smallest absolute Gasteiger partial charge is 0.148 e. The van der Waals surface area contributed by atoms with Gasteiger partial charge in [-0.05, 0) is 25.0 Å². The molecule has 1 aliphatic carbocycles. The summed E-state index contributed by atoms with van der Waals surface area (Å²) >= 11 is 0. The summed E-state index contributed by atoms with van der Waals surface area (Å²) in [6.07, 6.45) is 2.43. The van der Waals surface area contributed by atoms with Gasteiger partial charge in [-0.2, -0.15) is 0 Å². The summed E-state index contributed by atoms with van der Waals surface area (Å²) in [6.45, 7) is 0. The Balaban J connectivity index is 2.09. The van der Waals surface area contributed by atoms with Crippen LogP contribution in [0.25, 0.3) is 5.69 Å². The number of fused-ring (bicyclic) bond motifs is 1. The third kappa shape index (κ3) is 1.72. The third-order valence-corrected chi connectivity index (χ3v) is 3.13. The number of rotatable bonds is 1. The zero-order valence-electron chi connectivity index (χ0n) is 9.31. The van der Waals surface area contributed by atoms with Crippen molar-refractivity contribution in [2.24, 2.45) is 5.73 Å². The third-order valence-electron chi connectivity index (χ3n) is 3.13. The van der Waals surface area contributed by atoms with Crippen molar-refractivity contribution < 1.29 is 4.39 Å². The van der Waals surface area contributed by atoms with Crippen LogP contribution in [0.4, 0.5) is 4.39 Å². The van der Waals surface area contributed by atoms with Crippen molar-refractivity contribution in [1.29, 1.82) is 0 Å². The Kier molecular flexibility index (Phi) is 2.40. The largest absolute Gasteiger partial charge is 0.327 e. The summed E-state index contributed by atoms with van der Waals surface area (Å²) < 4.78 is 15.3. The number of nitrogens with zero attached hydrogens (tertiary/aromatic N) is 3. The molecule has 0 aliphatic heterocycles. The first kappa shape index (κ1) is 10.4. The van der Waals surface area contributed by atoms with E-state index in [-0.39, 0.29) is 11.9 Å². The maximum absolute atomic E-state index is 13.7. The van der Waals surface area contributed by atoms with Gasteiger partial charge in [0.25, 0.3) is 0 Å². The molecule has 1 heterocycles. The fourth-order valence-electron chi connectivity index (χ4n) is 2.23. The monoisotopic (exact) mass is 232 g/mol. The van der Waals surface area contributed by atoms with Crippen LogP contribution in [0.5, 0.6) is 0 Å². The van der Waals surface area contributed by atoms with E-state index in [0.717, 1.165) is 30.7 Å². The number of nitrogens with two attached hydrogens (primary N) is 1. The van der Waals surface area contributed by atoms with Crippen LogP contribution in [-0.2, 0) is 12.8 Å². The Bertz CT molecular complexity index is 549. The van der Waals surface area contributed by atoms with E-state index in [1.807, 2.05) is 0 Å². The van der Waals surface area contributed by atoms with Gasteiger partial charge >= 0.3 is 0 Å². The molecule has 3 rings (SSSR count). The van der Waals surface area contributed by atoms with Gasteiger partial charge in [0.15, 0.2) is 0 Å². The van der Waals surface area contributed by atoms with Crippen LogP contribution in [0.15, 0.2) is 24.3 Å². The molecule has 2 aromatic rings. The number of aromatic nitrogens is 3. The number of para-hydroxylation sites is 1. The maximum atomic E-state index is 13.7. The molecule has 4 nitrogen and oxygen atoms in total. The predicted octanol–water partition coefficient (Wildman–Crippen LogP) is 1.22. The van der Waals surface area contributed by atoms with E-state index in [4.69, 9.17) is 5.73 Å². The first-order valence-electron chi connectivity index (χ1n) is 5.69. The Morgan fingerprint density at radius 2 is 2.18 bits per heavy atom. The van der Waals surface area contributed by atoms with Crippen molar-refractivity contribution in [3.05, 3.63) is 41.5 Å². The van der Waals surface area contributed by atoms with Crippen LogP contribution in [-0.4, -0.2) is 21.0 Å². The van der Waals surface area contributed by atoms with Crippen LogP contribution >= 0.6 is 0 Å². The molecule has 2 N–H and O–H groups in total. The van der Waals surface area contributed by atoms with Crippen molar-refractivity contribution in [3.63, 3.8) is 0 Å². The summed E-state index contributed by atoms with van der Waals surface area (Å²) in [6, 6.07) is 6.74. The molecule has 0 saturated heterocycles. The molecule has 17 heavy (non-hydrogen) atoms. The molecule has 1 unspecified atom stereocenters. The minimum atomic E-state index is -0.282. The van der Waals surface area contributed by atoms with E-state index >= 15 is 0 Å². The van der Waals surface area contributed by atoms with Gasteiger partial charge in [0.05, 0.1) is 11.4 Å². The Morgan fingerprint density at radius 1 is 1.35 bits per heavy atom. The van der Waals surface area contributed by atoms with Gasteiger partial charge in [0.2, 0.25) is 0 Å². The lowest BCUT2D eigenvalue weighted by molar-refractivity contribution is 0.553. The lowest BCUT2D eigenvalue weighted by Gasteiger charge is -2.17. The van der Waals surface area contributed by atoms with Gasteiger partial charge in [-0.25, -0.2) is 9.07 Å². The van der Waals surface area contributed by atoms with Crippen LogP contribution in [0.2, 0.25) is 0 Å². The van der Waals surface area contributed by atoms with Gasteiger partial charge in [-0.3, -0.25) is 0 Å². The molecule has 88 valence electrons. The molecule has 5 heteroatoms. The SMILES string of the molecule is NC1CCc2c(nnn2-c2ccccc2F)C1. The Labute approximate surface area is 98.2 Å². The second kappa shape index (κ2) is 3.92. The molecule has 0 radical (unpaired) electrons. The summed E-state index contributed by atoms with van der Waals surface area (Å²) in [5, 5.41) is 8.13. The van der Waals surface area contributed by atoms with Crippen LogP contribution < -0.4 is 5.73 Å². The standard InChI is InChI=1S/C12H13FN4/c13-9-3-1-2-4-11(9)17-12-6-5-8(14)7-10(12)15-16-17/h1-4,8H,5-7,14H2. The zero-order chi connectivity index (χ0) is 11.8. The molecule has 0 fully saturated rings. The molecular weight excluding hydrogens is 219 g/mol. The van der Waals surface area contributed by atoms with Crippen LogP contribution in [0.1, 0.15) is 17.8 Å². The number of hydrogen-bond donors (Lipinski definition) is 1. The fourth-order valence-corrected chi connectivity index (χ4v) is 2.23. The van der Waals surface area contributed by atoms with E-state index in [1.165, 1.54) is 6.07 Å². The van der Waals surface area contributed by atoms with Crippen molar-refractivity contribution >= 4 is 0 Å². The van der Waals surface area contributed by atoms with Gasteiger partial charge < -0.3 is 5.73 Å². The maximum Gasteiger partial charge on any atom is 0.148 e. The molecule has 1 atom stereocenters. The van der Waals surface area contributed by atoms with Gasteiger partial charge in [0.1, 0.15) is 11.5 Å². The minimum Gasteiger partial charge on any atom is -0.327 e. The lowest BCUT2D eigenvalue weighted by atomic mass is 9.96. The average molecular weight is 232 g/mol. The van der Waals surface area contributed by atoms with E-state index in [0.29, 0.717) is 5.69 Å². The molecular formula is C12H13FN4. The summed E-state index contributed by atoms with van der Waals surface area (Å²) in [5.41, 5.74) is 8.21. The summed E-state index contributed by atoms with van der Waals surface area (Å²) in [5.74, 6) is -0.282. The molecule has 0 bridgehead atoms. The van der Waals surface area contributed by atoms with Gasteiger partial charge in [-0.15, -0.1) is 5.10 Å². The van der Waals surface area contributed by atoms with E-state index < -0.39 is 0 Å². The number of halogens is 1. The Hall–Kier alpha value is -1.75. The highest BCUT2D eigenvalue weighted by Crippen LogP contribution is 2.22. The van der Waals surface area contributed by atoms with E-state index in [9.17, 15) is 4.39 Å². The highest BCUT2D eigenvalue weighted by molar-refractivity contribution is 5.35. The highest BCUT2D eigenvalue weighted by atomic mass is 19.1. The number of hydrogen-bond acceptors (Lipinski definition) is 3. The van der Waals surface area contributed by atoms with Crippen molar-refractivity contribution in [2.75, 3.05) is 0 Å². The molecule has 1 aromatic heterocycles. The van der Waals surface area contributed by atoms with Gasteiger partial charge in [-0.1, -0.05) is 17.3 Å². The molecule has 0 saturated carbocycles. The van der Waals surface area contributed by atoms with Crippen molar-refractivity contribution in [1.82, 2.24) is 15.0 Å². The van der Waals surface area contributed by atoms with E-state index in [1.54, 1.807) is 22.9 Å². The summed E-state index contributed by atoms with van der Waals surface area (Å²) in [7, 11) is 0. The average Bonchev–Trinajstić information content (AvgIpc) is 2.72. The van der Waals surface area contributed by atoms with Crippen LogP contribution in [0, 0.1) is 5.82 Å². The molecule has 0 amide bonds. The number of benzene rings is 1. The Morgan fingerprint density at radius 3 is 3.00 bits per heavy atom. The normalized spacial score (nSPS) is 19.1. The predicted molar refractivity (Wildman–Crippen MR) is 61.3 cm³/mol. The molecule has 1 aromatic carbocycles. The molecule has 1 aliphatic rings. The van der Waals surface area contributed by atoms with Crippen LogP contribution in [0.3, 0.4) is 0 Å². The lowest BCUT2D eigenvalue weighted by Crippen LogP contribution is -2.28. The first-order valence-corrected chi connectivity index (χ1v) is 5.69. The second-order valence-corrected chi connectivity index (χ2v) is 4.35.